The number of nitrogens with zero attached hydrogens (tertiary/aromatic N) is 2. The summed E-state index contributed by atoms with van der Waals surface area (Å²) in [6.45, 7) is 3.14. The van der Waals surface area contributed by atoms with Gasteiger partial charge in [0, 0.05) is 12.1 Å². The van der Waals surface area contributed by atoms with Gasteiger partial charge in [-0.2, -0.15) is 8.78 Å². The standard InChI is InChI=1S/C17H18F2N2O6/c1-4-27-17(23)9-7(2)20(8-5-6-8)14-10(15(9)22)13(21(24)25)11(18)12(19)16(14)26-3/h7-9H,4-6H2,1-3H3. The molecule has 1 aliphatic heterocycles. The number of esters is 1. The van der Waals surface area contributed by atoms with Crippen molar-refractivity contribution in [3.63, 3.8) is 0 Å². The second kappa shape index (κ2) is 6.75. The summed E-state index contributed by atoms with van der Waals surface area (Å²) < 4.78 is 38.8. The number of anilines is 1. The normalized spacial score (nSPS) is 21.7. The Labute approximate surface area is 153 Å². The van der Waals surface area contributed by atoms with Gasteiger partial charge in [0.1, 0.15) is 17.2 Å². The monoisotopic (exact) mass is 384 g/mol. The maximum absolute atomic E-state index is 14.5. The summed E-state index contributed by atoms with van der Waals surface area (Å²) in [5.74, 6) is -7.13. The van der Waals surface area contributed by atoms with Crippen molar-refractivity contribution in [2.75, 3.05) is 18.6 Å². The van der Waals surface area contributed by atoms with Crippen molar-refractivity contribution in [1.29, 1.82) is 0 Å². The number of rotatable bonds is 5. The molecule has 0 bridgehead atoms. The maximum atomic E-state index is 14.5. The first-order chi connectivity index (χ1) is 12.8. The van der Waals surface area contributed by atoms with E-state index in [0.717, 1.165) is 7.11 Å². The minimum Gasteiger partial charge on any atom is -0.491 e. The summed E-state index contributed by atoms with van der Waals surface area (Å²) in [5, 5.41) is 11.4. The van der Waals surface area contributed by atoms with Gasteiger partial charge in [-0.1, -0.05) is 0 Å². The topological polar surface area (TPSA) is 99.0 Å². The van der Waals surface area contributed by atoms with Crippen molar-refractivity contribution in [1.82, 2.24) is 0 Å². The molecular weight excluding hydrogens is 366 g/mol. The Morgan fingerprint density at radius 3 is 2.44 bits per heavy atom. The average molecular weight is 384 g/mol. The smallest absolute Gasteiger partial charge is 0.321 e. The van der Waals surface area contributed by atoms with Crippen molar-refractivity contribution in [2.45, 2.75) is 38.8 Å². The van der Waals surface area contributed by atoms with E-state index in [0.29, 0.717) is 12.8 Å². The highest BCUT2D eigenvalue weighted by Gasteiger charge is 2.53. The lowest BCUT2D eigenvalue weighted by molar-refractivity contribution is -0.388. The van der Waals surface area contributed by atoms with Gasteiger partial charge < -0.3 is 14.4 Å². The van der Waals surface area contributed by atoms with Crippen LogP contribution in [-0.2, 0) is 9.53 Å². The lowest BCUT2D eigenvalue weighted by atomic mass is 9.83. The molecule has 146 valence electrons. The second-order valence-corrected chi connectivity index (χ2v) is 6.46. The molecule has 0 aromatic heterocycles. The zero-order valence-electron chi connectivity index (χ0n) is 15.0. The van der Waals surface area contributed by atoms with Gasteiger partial charge >= 0.3 is 11.7 Å². The summed E-state index contributed by atoms with van der Waals surface area (Å²) in [7, 11) is 1.08. The van der Waals surface area contributed by atoms with Crippen LogP contribution < -0.4 is 9.64 Å². The van der Waals surface area contributed by atoms with Crippen LogP contribution in [0.1, 0.15) is 37.0 Å². The number of hydrogen-bond donors (Lipinski definition) is 0. The molecule has 1 aliphatic carbocycles. The van der Waals surface area contributed by atoms with Crippen LogP contribution in [-0.4, -0.2) is 42.5 Å². The third kappa shape index (κ3) is 2.79. The number of carbonyl (C=O) groups excluding carboxylic acids is 2. The number of ether oxygens (including phenoxy) is 2. The number of nitro benzene ring substituents is 1. The first kappa shape index (κ1) is 19.0. The fraction of sp³-hybridized carbons (Fsp3) is 0.529. The fourth-order valence-corrected chi connectivity index (χ4v) is 3.62. The lowest BCUT2D eigenvalue weighted by Crippen LogP contribution is -2.51. The molecule has 2 aliphatic rings. The molecule has 0 saturated heterocycles. The van der Waals surface area contributed by atoms with Crippen molar-refractivity contribution in [2.24, 2.45) is 5.92 Å². The van der Waals surface area contributed by atoms with Crippen LogP contribution in [0.2, 0.25) is 0 Å². The Bertz CT molecular complexity index is 839. The Morgan fingerprint density at radius 1 is 1.33 bits per heavy atom. The van der Waals surface area contributed by atoms with Crippen molar-refractivity contribution in [3.8, 4) is 5.75 Å². The highest BCUT2D eigenvalue weighted by molar-refractivity contribution is 6.17. The van der Waals surface area contributed by atoms with Gasteiger partial charge in [-0.05, 0) is 26.7 Å². The van der Waals surface area contributed by atoms with Gasteiger partial charge in [-0.25, -0.2) is 0 Å². The number of nitro groups is 1. The van der Waals surface area contributed by atoms with Gasteiger partial charge in [-0.3, -0.25) is 19.7 Å². The minimum atomic E-state index is -1.79. The molecule has 0 amide bonds. The number of fused-ring (bicyclic) bond motifs is 1. The third-order valence-corrected chi connectivity index (χ3v) is 4.86. The SMILES string of the molecule is CCOC(=O)C1C(=O)c2c(c(OC)c(F)c(F)c2[N+](=O)[O-])N(C2CC2)C1C. The largest absolute Gasteiger partial charge is 0.491 e. The van der Waals surface area contributed by atoms with E-state index < -0.39 is 57.3 Å². The summed E-state index contributed by atoms with van der Waals surface area (Å²) in [6.07, 6.45) is 1.37. The molecule has 0 N–H and O–H groups in total. The molecule has 3 rings (SSSR count). The Balaban J connectivity index is 2.35. The van der Waals surface area contributed by atoms with Crippen LogP contribution in [0.4, 0.5) is 20.2 Å². The Hall–Kier alpha value is -2.78. The second-order valence-electron chi connectivity index (χ2n) is 6.46. The van der Waals surface area contributed by atoms with Gasteiger partial charge in [0.2, 0.25) is 11.6 Å². The highest BCUT2D eigenvalue weighted by atomic mass is 19.2. The highest BCUT2D eigenvalue weighted by Crippen LogP contribution is 2.51. The minimum absolute atomic E-state index is 0.00874. The van der Waals surface area contributed by atoms with E-state index in [4.69, 9.17) is 9.47 Å². The number of methoxy groups -OCH3 is 1. The van der Waals surface area contributed by atoms with Crippen molar-refractivity contribution >= 4 is 23.1 Å². The fourth-order valence-electron chi connectivity index (χ4n) is 3.62. The predicted molar refractivity (Wildman–Crippen MR) is 89.0 cm³/mol. The zero-order chi connectivity index (χ0) is 20.0. The van der Waals surface area contributed by atoms with E-state index in [1.165, 1.54) is 0 Å². The number of Topliss-reactive ketones (excluding diaryl/α,β-unsaturated/α-hetero) is 1. The van der Waals surface area contributed by atoms with Crippen LogP contribution >= 0.6 is 0 Å². The van der Waals surface area contributed by atoms with Gasteiger partial charge in [0.15, 0.2) is 11.5 Å². The molecule has 2 atom stereocenters. The van der Waals surface area contributed by atoms with E-state index >= 15 is 0 Å². The van der Waals surface area contributed by atoms with Crippen LogP contribution in [0.5, 0.6) is 5.75 Å². The molecular formula is C17H18F2N2O6. The van der Waals surface area contributed by atoms with Crippen molar-refractivity contribution < 1.29 is 32.8 Å². The zero-order valence-corrected chi connectivity index (χ0v) is 15.0. The number of carbonyl (C=O) groups is 2. The molecule has 1 aromatic carbocycles. The van der Waals surface area contributed by atoms with E-state index in [1.54, 1.807) is 18.7 Å². The number of benzene rings is 1. The van der Waals surface area contributed by atoms with Crippen LogP contribution in [0, 0.1) is 27.7 Å². The lowest BCUT2D eigenvalue weighted by Gasteiger charge is -2.40. The molecule has 10 heteroatoms. The van der Waals surface area contributed by atoms with Crippen LogP contribution in [0.15, 0.2) is 0 Å². The average Bonchev–Trinajstić information content (AvgIpc) is 3.42. The molecule has 27 heavy (non-hydrogen) atoms. The van der Waals surface area contributed by atoms with Crippen LogP contribution in [0.25, 0.3) is 0 Å². The number of hydrogen-bond acceptors (Lipinski definition) is 7. The summed E-state index contributed by atoms with van der Waals surface area (Å²) in [5.41, 5.74) is -2.12. The number of ketones is 1. The molecule has 2 unspecified atom stereocenters. The summed E-state index contributed by atoms with van der Waals surface area (Å²) in [6, 6.07) is -0.919. The van der Waals surface area contributed by atoms with Gasteiger partial charge in [-0.15, -0.1) is 0 Å². The molecule has 1 heterocycles. The van der Waals surface area contributed by atoms with E-state index in [9.17, 15) is 28.5 Å². The molecule has 0 spiro atoms. The first-order valence-corrected chi connectivity index (χ1v) is 8.48. The Kier molecular flexibility index (Phi) is 4.75. The predicted octanol–water partition coefficient (Wildman–Crippen LogP) is 2.61. The number of halogens is 2. The van der Waals surface area contributed by atoms with Gasteiger partial charge in [0.05, 0.1) is 18.6 Å². The molecule has 8 nitrogen and oxygen atoms in total. The van der Waals surface area contributed by atoms with E-state index in [1.807, 2.05) is 0 Å². The molecule has 1 fully saturated rings. The van der Waals surface area contributed by atoms with Crippen LogP contribution in [0.3, 0.4) is 0 Å². The molecule has 1 aromatic rings. The third-order valence-electron chi connectivity index (χ3n) is 4.86. The summed E-state index contributed by atoms with van der Waals surface area (Å²) in [4.78, 5) is 37.2. The van der Waals surface area contributed by atoms with E-state index in [-0.39, 0.29) is 18.3 Å². The summed E-state index contributed by atoms with van der Waals surface area (Å²) >= 11 is 0. The molecule has 1 saturated carbocycles. The quantitative estimate of drug-likeness (QED) is 0.333. The van der Waals surface area contributed by atoms with E-state index in [2.05, 4.69) is 0 Å². The van der Waals surface area contributed by atoms with Crippen molar-refractivity contribution in [3.05, 3.63) is 27.3 Å². The first-order valence-electron chi connectivity index (χ1n) is 8.48. The molecule has 0 radical (unpaired) electrons. The van der Waals surface area contributed by atoms with Gasteiger partial charge in [0.25, 0.3) is 0 Å². The Morgan fingerprint density at radius 2 is 1.96 bits per heavy atom. The maximum Gasteiger partial charge on any atom is 0.321 e.